The minimum Gasteiger partial charge on any atom is -0.479 e. The van der Waals surface area contributed by atoms with Crippen LogP contribution in [0.15, 0.2) is 37.6 Å². The van der Waals surface area contributed by atoms with Gasteiger partial charge >= 0.3 is 5.97 Å². The van der Waals surface area contributed by atoms with E-state index in [1.165, 1.54) is 18.2 Å². The predicted molar refractivity (Wildman–Crippen MR) is 111 cm³/mol. The highest BCUT2D eigenvalue weighted by molar-refractivity contribution is 9.11. The SMILES string of the molecule is CC(C)Cc1nc2ccc(Oc3c(Br)cc(CC(F)C(=O)O)cc3Br)c(F)c2o1. The molecular weight excluding hydrogens is 516 g/mol. The van der Waals surface area contributed by atoms with Crippen molar-refractivity contribution in [1.29, 1.82) is 0 Å². The van der Waals surface area contributed by atoms with Gasteiger partial charge in [-0.05, 0) is 67.6 Å². The number of carboxylic acids is 1. The quantitative estimate of drug-likeness (QED) is 0.378. The molecule has 3 aromatic rings. The number of halogens is 4. The number of fused-ring (bicyclic) bond motifs is 1. The molecule has 0 saturated carbocycles. The van der Waals surface area contributed by atoms with Gasteiger partial charge < -0.3 is 14.3 Å². The lowest BCUT2D eigenvalue weighted by atomic mass is 10.1. The number of carbonyl (C=O) groups is 1. The zero-order valence-corrected chi connectivity index (χ0v) is 18.7. The van der Waals surface area contributed by atoms with Gasteiger partial charge in [0.1, 0.15) is 5.52 Å². The molecule has 1 N–H and O–H groups in total. The van der Waals surface area contributed by atoms with Crippen molar-refractivity contribution in [3.63, 3.8) is 0 Å². The fourth-order valence-corrected chi connectivity index (χ4v) is 4.18. The van der Waals surface area contributed by atoms with Crippen LogP contribution in [0.4, 0.5) is 8.78 Å². The van der Waals surface area contributed by atoms with Gasteiger partial charge in [0, 0.05) is 12.8 Å². The molecule has 1 heterocycles. The molecule has 154 valence electrons. The van der Waals surface area contributed by atoms with Gasteiger partial charge in [0.2, 0.25) is 12.0 Å². The van der Waals surface area contributed by atoms with E-state index in [4.69, 9.17) is 14.3 Å². The average molecular weight is 533 g/mol. The first-order valence-electron chi connectivity index (χ1n) is 8.76. The minimum absolute atomic E-state index is 0.0174. The van der Waals surface area contributed by atoms with Crippen molar-refractivity contribution in [3.8, 4) is 11.5 Å². The molecule has 0 aliphatic rings. The number of alkyl halides is 1. The van der Waals surface area contributed by atoms with E-state index in [1.807, 2.05) is 13.8 Å². The third-order valence-electron chi connectivity index (χ3n) is 4.04. The Hall–Kier alpha value is -2.00. The number of rotatable bonds is 7. The van der Waals surface area contributed by atoms with Crippen molar-refractivity contribution in [2.45, 2.75) is 32.9 Å². The van der Waals surface area contributed by atoms with Gasteiger partial charge in [0.05, 0.1) is 8.95 Å². The lowest BCUT2D eigenvalue weighted by Crippen LogP contribution is -2.17. The van der Waals surface area contributed by atoms with E-state index in [2.05, 4.69) is 36.8 Å². The van der Waals surface area contributed by atoms with Crippen molar-refractivity contribution in [1.82, 2.24) is 4.98 Å². The molecule has 9 heteroatoms. The molecule has 0 spiro atoms. The van der Waals surface area contributed by atoms with E-state index in [9.17, 15) is 13.6 Å². The monoisotopic (exact) mass is 531 g/mol. The molecule has 29 heavy (non-hydrogen) atoms. The molecule has 3 rings (SSSR count). The molecule has 0 aliphatic heterocycles. The molecule has 1 aromatic heterocycles. The summed E-state index contributed by atoms with van der Waals surface area (Å²) < 4.78 is 40.5. The van der Waals surface area contributed by atoms with Crippen LogP contribution in [0.1, 0.15) is 25.3 Å². The van der Waals surface area contributed by atoms with E-state index in [0.717, 1.165) is 0 Å². The van der Waals surface area contributed by atoms with Crippen LogP contribution in [0.5, 0.6) is 11.5 Å². The highest BCUT2D eigenvalue weighted by Crippen LogP contribution is 2.40. The molecule has 0 saturated heterocycles. The number of nitrogens with zero attached hydrogens (tertiary/aromatic N) is 1. The van der Waals surface area contributed by atoms with Crippen molar-refractivity contribution < 1.29 is 27.8 Å². The van der Waals surface area contributed by atoms with Crippen LogP contribution >= 0.6 is 31.9 Å². The summed E-state index contributed by atoms with van der Waals surface area (Å²) in [6.45, 7) is 4.03. The molecule has 5 nitrogen and oxygen atoms in total. The Morgan fingerprint density at radius 3 is 2.48 bits per heavy atom. The van der Waals surface area contributed by atoms with Crippen LogP contribution in [0.2, 0.25) is 0 Å². The Morgan fingerprint density at radius 1 is 1.24 bits per heavy atom. The van der Waals surface area contributed by atoms with Crippen molar-refractivity contribution in [2.24, 2.45) is 5.92 Å². The largest absolute Gasteiger partial charge is 0.479 e. The Bertz CT molecular complexity index is 1050. The number of hydrogen-bond donors (Lipinski definition) is 1. The summed E-state index contributed by atoms with van der Waals surface area (Å²) in [5, 5.41) is 8.72. The van der Waals surface area contributed by atoms with Gasteiger partial charge in [-0.15, -0.1) is 0 Å². The fraction of sp³-hybridized carbons (Fsp3) is 0.300. The Labute approximate surface area is 182 Å². The molecule has 1 unspecified atom stereocenters. The standard InChI is InChI=1S/C20H17Br2F2NO4/c1-9(2)5-16-25-14-3-4-15(17(24)19(14)29-16)28-18-11(21)6-10(7-12(18)22)8-13(23)20(26)27/h3-4,6-7,9,13H,5,8H2,1-2H3,(H,26,27). The van der Waals surface area contributed by atoms with Crippen LogP contribution in [0, 0.1) is 11.7 Å². The number of aromatic nitrogens is 1. The maximum Gasteiger partial charge on any atom is 0.338 e. The molecular formula is C20H17Br2F2NO4. The van der Waals surface area contributed by atoms with E-state index in [0.29, 0.717) is 38.3 Å². The second-order valence-electron chi connectivity index (χ2n) is 6.93. The summed E-state index contributed by atoms with van der Waals surface area (Å²) in [6.07, 6.45) is -1.73. The Balaban J connectivity index is 1.90. The lowest BCUT2D eigenvalue weighted by Gasteiger charge is -2.13. The first kappa shape index (κ1) is 21.7. The number of ether oxygens (including phenoxy) is 1. The van der Waals surface area contributed by atoms with Crippen molar-refractivity contribution >= 4 is 48.9 Å². The normalized spacial score (nSPS) is 12.5. The smallest absolute Gasteiger partial charge is 0.338 e. The summed E-state index contributed by atoms with van der Waals surface area (Å²) in [4.78, 5) is 15.0. The van der Waals surface area contributed by atoms with Crippen LogP contribution in [-0.2, 0) is 17.6 Å². The number of aliphatic carboxylic acids is 1. The van der Waals surface area contributed by atoms with E-state index >= 15 is 0 Å². The third-order valence-corrected chi connectivity index (χ3v) is 5.22. The van der Waals surface area contributed by atoms with Gasteiger partial charge in [-0.2, -0.15) is 4.39 Å². The predicted octanol–water partition coefficient (Wildman–Crippen LogP) is 6.45. The Morgan fingerprint density at radius 2 is 1.90 bits per heavy atom. The number of carboxylic acid groups (broad SMARTS) is 1. The van der Waals surface area contributed by atoms with Crippen LogP contribution in [0.25, 0.3) is 11.1 Å². The van der Waals surface area contributed by atoms with Gasteiger partial charge in [-0.1, -0.05) is 13.8 Å². The Kier molecular flexibility index (Phi) is 6.58. The molecule has 0 aliphatic carbocycles. The number of oxazole rings is 1. The summed E-state index contributed by atoms with van der Waals surface area (Å²) in [5.41, 5.74) is 0.862. The molecule has 0 bridgehead atoms. The van der Waals surface area contributed by atoms with Crippen LogP contribution < -0.4 is 4.74 Å². The third kappa shape index (κ3) is 4.95. The maximum absolute atomic E-state index is 14.9. The van der Waals surface area contributed by atoms with Gasteiger partial charge in [-0.3, -0.25) is 0 Å². The zero-order valence-electron chi connectivity index (χ0n) is 15.5. The second-order valence-corrected chi connectivity index (χ2v) is 8.64. The van der Waals surface area contributed by atoms with Gasteiger partial charge in [0.25, 0.3) is 0 Å². The highest BCUT2D eigenvalue weighted by Gasteiger charge is 2.21. The van der Waals surface area contributed by atoms with Crippen LogP contribution in [0.3, 0.4) is 0 Å². The maximum atomic E-state index is 14.9. The fourth-order valence-electron chi connectivity index (χ4n) is 2.74. The topological polar surface area (TPSA) is 72.6 Å². The summed E-state index contributed by atoms with van der Waals surface area (Å²) in [5.74, 6) is -1.24. The van der Waals surface area contributed by atoms with Crippen LogP contribution in [-0.4, -0.2) is 22.2 Å². The highest BCUT2D eigenvalue weighted by atomic mass is 79.9. The molecule has 0 amide bonds. The zero-order chi connectivity index (χ0) is 21.3. The van der Waals surface area contributed by atoms with Crippen molar-refractivity contribution in [2.75, 3.05) is 0 Å². The average Bonchev–Trinajstić information content (AvgIpc) is 3.02. The first-order chi connectivity index (χ1) is 13.7. The number of hydrogen-bond acceptors (Lipinski definition) is 4. The minimum atomic E-state index is -2.02. The first-order valence-corrected chi connectivity index (χ1v) is 10.3. The summed E-state index contributed by atoms with van der Waals surface area (Å²) >= 11 is 6.61. The summed E-state index contributed by atoms with van der Waals surface area (Å²) in [7, 11) is 0. The second kappa shape index (κ2) is 8.79. The summed E-state index contributed by atoms with van der Waals surface area (Å²) in [6, 6.07) is 6.12. The van der Waals surface area contributed by atoms with Gasteiger partial charge in [-0.25, -0.2) is 14.2 Å². The molecule has 0 fully saturated rings. The molecule has 2 aromatic carbocycles. The lowest BCUT2D eigenvalue weighted by molar-refractivity contribution is -0.142. The van der Waals surface area contributed by atoms with E-state index < -0.39 is 18.0 Å². The number of benzene rings is 2. The van der Waals surface area contributed by atoms with E-state index in [-0.39, 0.29) is 23.5 Å². The molecule has 0 radical (unpaired) electrons. The molecule has 1 atom stereocenters. The van der Waals surface area contributed by atoms with Crippen molar-refractivity contribution in [3.05, 3.63) is 50.5 Å². The van der Waals surface area contributed by atoms with Gasteiger partial charge in [0.15, 0.2) is 23.0 Å². The van der Waals surface area contributed by atoms with E-state index in [1.54, 1.807) is 6.07 Å².